The molecule has 0 unspecified atom stereocenters. The van der Waals surface area contributed by atoms with E-state index in [0.717, 1.165) is 6.54 Å². The fourth-order valence-corrected chi connectivity index (χ4v) is 2.18. The lowest BCUT2D eigenvalue weighted by atomic mass is 10.3. The zero-order valence-electron chi connectivity index (χ0n) is 16.4. The molecule has 9 nitrogen and oxygen atoms in total. The monoisotopic (exact) mass is 449 g/mol. The van der Waals surface area contributed by atoms with Crippen LogP contribution in [0.5, 0.6) is 5.75 Å². The number of rotatable bonds is 9. The first kappa shape index (κ1) is 26.5. The first-order valence-electron chi connectivity index (χ1n) is 8.37. The molecule has 0 saturated heterocycles. The molecule has 0 spiro atoms. The predicted molar refractivity (Wildman–Crippen MR) is 111 cm³/mol. The van der Waals surface area contributed by atoms with E-state index >= 15 is 0 Å². The summed E-state index contributed by atoms with van der Waals surface area (Å²) in [5.41, 5.74) is 0. The van der Waals surface area contributed by atoms with Crippen LogP contribution in [-0.2, 0) is 9.59 Å². The minimum Gasteiger partial charge on any atom is -0.492 e. The van der Waals surface area contributed by atoms with Crippen molar-refractivity contribution >= 4 is 41.2 Å². The van der Waals surface area contributed by atoms with E-state index in [-0.39, 0.29) is 6.03 Å². The predicted octanol–water partition coefficient (Wildman–Crippen LogP) is 2.29. The van der Waals surface area contributed by atoms with Crippen molar-refractivity contribution in [1.29, 1.82) is 0 Å². The minimum atomic E-state index is -1.26. The molecule has 0 aromatic heterocycles. The number of carboxylic acid groups (broad SMARTS) is 2. The molecular formula is C18H25Cl2N3O6. The van der Waals surface area contributed by atoms with Crippen LogP contribution in [0.3, 0.4) is 0 Å². The van der Waals surface area contributed by atoms with Crippen molar-refractivity contribution in [2.45, 2.75) is 0 Å². The Balaban J connectivity index is 0.000000828. The molecule has 0 fully saturated rings. The van der Waals surface area contributed by atoms with Gasteiger partial charge in [0.25, 0.3) is 0 Å². The van der Waals surface area contributed by atoms with Crippen LogP contribution in [-0.4, -0.2) is 85.4 Å². The summed E-state index contributed by atoms with van der Waals surface area (Å²) in [4.78, 5) is 34.5. The summed E-state index contributed by atoms with van der Waals surface area (Å²) < 4.78 is 5.53. The van der Waals surface area contributed by atoms with E-state index < -0.39 is 11.9 Å². The van der Waals surface area contributed by atoms with E-state index in [9.17, 15) is 14.4 Å². The van der Waals surface area contributed by atoms with Gasteiger partial charge >= 0.3 is 18.0 Å². The summed E-state index contributed by atoms with van der Waals surface area (Å²) in [6.07, 6.45) is 1.12. The molecule has 0 bridgehead atoms. The summed E-state index contributed by atoms with van der Waals surface area (Å²) in [6, 6.07) is 4.89. The van der Waals surface area contributed by atoms with Crippen molar-refractivity contribution in [2.24, 2.45) is 0 Å². The molecule has 0 heterocycles. The van der Waals surface area contributed by atoms with Gasteiger partial charge in [0.15, 0.2) is 0 Å². The van der Waals surface area contributed by atoms with Crippen molar-refractivity contribution < 1.29 is 29.3 Å². The Morgan fingerprint density at radius 3 is 1.97 bits per heavy atom. The Hall–Kier alpha value is -2.49. The first-order valence-corrected chi connectivity index (χ1v) is 9.13. The molecule has 2 amide bonds. The normalized spacial score (nSPS) is 10.3. The third kappa shape index (κ3) is 15.1. The SMILES string of the molecule is CN(C)CCNC(=O)N(C)CCOc1cc(Cl)cc(Cl)c1.O=C(O)/C=C\C(=O)O. The van der Waals surface area contributed by atoms with Gasteiger partial charge in [0.05, 0.1) is 6.54 Å². The van der Waals surface area contributed by atoms with Gasteiger partial charge in [0.2, 0.25) is 0 Å². The van der Waals surface area contributed by atoms with Crippen LogP contribution in [0.4, 0.5) is 4.79 Å². The van der Waals surface area contributed by atoms with Crippen LogP contribution in [0.2, 0.25) is 10.0 Å². The number of urea groups is 1. The van der Waals surface area contributed by atoms with Crippen molar-refractivity contribution in [3.05, 3.63) is 40.4 Å². The van der Waals surface area contributed by atoms with Gasteiger partial charge in [0.1, 0.15) is 12.4 Å². The quantitative estimate of drug-likeness (QED) is 0.494. The number of hydrogen-bond acceptors (Lipinski definition) is 5. The van der Waals surface area contributed by atoms with Crippen LogP contribution in [0.1, 0.15) is 0 Å². The molecular weight excluding hydrogens is 425 g/mol. The highest BCUT2D eigenvalue weighted by molar-refractivity contribution is 6.34. The second-order valence-electron chi connectivity index (χ2n) is 5.92. The molecule has 29 heavy (non-hydrogen) atoms. The summed E-state index contributed by atoms with van der Waals surface area (Å²) in [5, 5.41) is 19.5. The van der Waals surface area contributed by atoms with Gasteiger partial charge in [-0.15, -0.1) is 0 Å². The number of carbonyl (C=O) groups is 3. The van der Waals surface area contributed by atoms with Crippen LogP contribution >= 0.6 is 23.2 Å². The number of benzene rings is 1. The number of ether oxygens (including phenoxy) is 1. The van der Waals surface area contributed by atoms with E-state index in [1.807, 2.05) is 19.0 Å². The summed E-state index contributed by atoms with van der Waals surface area (Å²) in [7, 11) is 5.64. The molecule has 3 N–H and O–H groups in total. The van der Waals surface area contributed by atoms with Gasteiger partial charge in [-0.05, 0) is 32.3 Å². The maximum Gasteiger partial charge on any atom is 0.328 e. The Morgan fingerprint density at radius 1 is 1.00 bits per heavy atom. The highest BCUT2D eigenvalue weighted by Gasteiger charge is 2.08. The number of carboxylic acids is 2. The molecule has 11 heteroatoms. The second kappa shape index (κ2) is 14.5. The van der Waals surface area contributed by atoms with E-state index in [4.69, 9.17) is 38.2 Å². The fourth-order valence-electron chi connectivity index (χ4n) is 1.68. The second-order valence-corrected chi connectivity index (χ2v) is 6.79. The third-order valence-electron chi connectivity index (χ3n) is 3.08. The summed E-state index contributed by atoms with van der Waals surface area (Å²) in [6.45, 7) is 2.25. The average molecular weight is 450 g/mol. The van der Waals surface area contributed by atoms with Crippen LogP contribution in [0, 0.1) is 0 Å². The van der Waals surface area contributed by atoms with Crippen molar-refractivity contribution in [1.82, 2.24) is 15.1 Å². The maximum absolute atomic E-state index is 11.8. The van der Waals surface area contributed by atoms with Gasteiger partial charge in [-0.25, -0.2) is 14.4 Å². The van der Waals surface area contributed by atoms with E-state index in [0.29, 0.717) is 47.6 Å². The lowest BCUT2D eigenvalue weighted by molar-refractivity contribution is -0.134. The lowest BCUT2D eigenvalue weighted by Crippen LogP contribution is -2.41. The number of hydrogen-bond donors (Lipinski definition) is 3. The number of halogens is 2. The van der Waals surface area contributed by atoms with Gasteiger partial charge in [-0.1, -0.05) is 23.2 Å². The van der Waals surface area contributed by atoms with Gasteiger partial charge in [-0.3, -0.25) is 0 Å². The summed E-state index contributed by atoms with van der Waals surface area (Å²) >= 11 is 11.8. The highest BCUT2D eigenvalue weighted by atomic mass is 35.5. The molecule has 162 valence electrons. The zero-order valence-corrected chi connectivity index (χ0v) is 17.9. The molecule has 0 aliphatic rings. The first-order chi connectivity index (χ1) is 13.5. The van der Waals surface area contributed by atoms with Crippen molar-refractivity contribution in [3.63, 3.8) is 0 Å². The fraction of sp³-hybridized carbons (Fsp3) is 0.389. The molecule has 1 aromatic rings. The molecule has 0 aliphatic heterocycles. The highest BCUT2D eigenvalue weighted by Crippen LogP contribution is 2.23. The summed E-state index contributed by atoms with van der Waals surface area (Å²) in [5.74, 6) is -1.92. The van der Waals surface area contributed by atoms with E-state index in [2.05, 4.69) is 5.32 Å². The van der Waals surface area contributed by atoms with Crippen LogP contribution < -0.4 is 10.1 Å². The molecule has 0 atom stereocenters. The number of carbonyl (C=O) groups excluding carboxylic acids is 1. The molecule has 0 saturated carbocycles. The van der Waals surface area contributed by atoms with Gasteiger partial charge in [0, 0.05) is 42.3 Å². The molecule has 1 aromatic carbocycles. The largest absolute Gasteiger partial charge is 0.492 e. The number of nitrogens with zero attached hydrogens (tertiary/aromatic N) is 2. The standard InChI is InChI=1S/C14H21Cl2N3O2.C4H4O4/c1-18(2)5-4-17-14(20)19(3)6-7-21-13-9-11(15)8-12(16)10-13;5-3(6)1-2-4(7)8/h8-10H,4-7H2,1-3H3,(H,17,20);1-2H,(H,5,6)(H,7,8)/b;2-1-. The van der Waals surface area contributed by atoms with Crippen LogP contribution in [0.15, 0.2) is 30.4 Å². The Labute approximate surface area is 179 Å². The number of likely N-dealkylation sites (N-methyl/N-ethyl adjacent to an activating group) is 2. The molecule has 1 rings (SSSR count). The number of nitrogens with one attached hydrogen (secondary N) is 1. The van der Waals surface area contributed by atoms with Gasteiger partial charge in [-0.2, -0.15) is 0 Å². The number of amides is 2. The van der Waals surface area contributed by atoms with Crippen molar-refractivity contribution in [2.75, 3.05) is 47.4 Å². The van der Waals surface area contributed by atoms with Gasteiger partial charge < -0.3 is 30.1 Å². The Bertz CT molecular complexity index is 677. The lowest BCUT2D eigenvalue weighted by Gasteiger charge is -2.19. The van der Waals surface area contributed by atoms with Crippen molar-refractivity contribution in [3.8, 4) is 5.75 Å². The van der Waals surface area contributed by atoms with E-state index in [1.165, 1.54) is 0 Å². The van der Waals surface area contributed by atoms with Crippen LogP contribution in [0.25, 0.3) is 0 Å². The molecule has 0 aliphatic carbocycles. The minimum absolute atomic E-state index is 0.121. The third-order valence-corrected chi connectivity index (χ3v) is 3.52. The number of aliphatic carboxylic acids is 2. The topological polar surface area (TPSA) is 119 Å². The maximum atomic E-state index is 11.8. The molecule has 0 radical (unpaired) electrons. The average Bonchev–Trinajstić information content (AvgIpc) is 2.59. The Morgan fingerprint density at radius 2 is 1.52 bits per heavy atom. The zero-order chi connectivity index (χ0) is 22.4. The smallest absolute Gasteiger partial charge is 0.328 e. The Kier molecular flexibility index (Phi) is 13.3. The van der Waals surface area contributed by atoms with E-state index in [1.54, 1.807) is 30.1 Å².